The lowest BCUT2D eigenvalue weighted by atomic mass is 10.0. The van der Waals surface area contributed by atoms with Gasteiger partial charge >= 0.3 is 0 Å². The fourth-order valence-corrected chi connectivity index (χ4v) is 3.53. The Bertz CT molecular complexity index is 1310. The molecule has 0 aliphatic heterocycles. The number of aromatic nitrogens is 1. The normalized spacial score (nSPS) is 10.9. The third-order valence-electron chi connectivity index (χ3n) is 4.78. The number of furan rings is 1. The van der Waals surface area contributed by atoms with Crippen molar-refractivity contribution in [3.05, 3.63) is 96.5 Å². The topological polar surface area (TPSA) is 30.4 Å². The molecule has 27 heavy (non-hydrogen) atoms. The van der Waals surface area contributed by atoms with Gasteiger partial charge in [0.2, 0.25) is 5.69 Å². The van der Waals surface area contributed by atoms with Crippen LogP contribution in [0.2, 0.25) is 0 Å². The monoisotopic (exact) mass is 346 g/mol. The molecule has 0 aliphatic carbocycles. The van der Waals surface area contributed by atoms with Crippen molar-refractivity contribution >= 4 is 27.6 Å². The van der Waals surface area contributed by atoms with Gasteiger partial charge in [-0.2, -0.15) is 0 Å². The van der Waals surface area contributed by atoms with Crippen LogP contribution in [0.3, 0.4) is 0 Å². The molecule has 3 heteroatoms. The molecule has 0 fully saturated rings. The first-order valence-corrected chi connectivity index (χ1v) is 8.69. The summed E-state index contributed by atoms with van der Waals surface area (Å²) in [6.45, 7) is 7.76. The Hall–Kier alpha value is -3.90. The Morgan fingerprint density at radius 1 is 0.704 bits per heavy atom. The first kappa shape index (κ1) is 15.4. The van der Waals surface area contributed by atoms with Gasteiger partial charge in [-0.3, -0.25) is 4.98 Å². The molecule has 5 aromatic rings. The average molecular weight is 346 g/mol. The maximum Gasteiger partial charge on any atom is 0.237 e. The summed E-state index contributed by atoms with van der Waals surface area (Å²) in [5, 5.41) is 1.95. The molecule has 126 valence electrons. The second-order valence-electron chi connectivity index (χ2n) is 6.32. The van der Waals surface area contributed by atoms with Gasteiger partial charge in [-0.1, -0.05) is 60.7 Å². The maximum absolute atomic E-state index is 7.76. The molecule has 0 unspecified atom stereocenters. The summed E-state index contributed by atoms with van der Waals surface area (Å²) in [7, 11) is 0. The van der Waals surface area contributed by atoms with E-state index in [0.717, 1.165) is 38.7 Å². The molecule has 0 spiro atoms. The second-order valence-corrected chi connectivity index (χ2v) is 6.32. The number of para-hydroxylation sites is 1. The van der Waals surface area contributed by atoms with Gasteiger partial charge in [0.05, 0.1) is 12.3 Å². The second kappa shape index (κ2) is 6.12. The maximum atomic E-state index is 7.76. The van der Waals surface area contributed by atoms with E-state index in [9.17, 15) is 0 Å². The molecule has 5 rings (SSSR count). The highest BCUT2D eigenvalue weighted by Gasteiger charge is 2.18. The molecule has 0 N–H and O–H groups in total. The van der Waals surface area contributed by atoms with Gasteiger partial charge in [0.15, 0.2) is 0 Å². The van der Waals surface area contributed by atoms with Crippen LogP contribution in [0, 0.1) is 6.57 Å². The van der Waals surface area contributed by atoms with Crippen molar-refractivity contribution < 1.29 is 4.42 Å². The summed E-state index contributed by atoms with van der Waals surface area (Å²) in [5.74, 6) is 0. The molecule has 0 radical (unpaired) electrons. The fourth-order valence-electron chi connectivity index (χ4n) is 3.53. The Morgan fingerprint density at radius 3 is 2.30 bits per heavy atom. The van der Waals surface area contributed by atoms with Crippen LogP contribution in [0.15, 0.2) is 89.5 Å². The minimum absolute atomic E-state index is 0.543. The van der Waals surface area contributed by atoms with Gasteiger partial charge in [-0.25, -0.2) is 4.85 Å². The number of hydrogen-bond acceptors (Lipinski definition) is 2. The summed E-state index contributed by atoms with van der Waals surface area (Å²) >= 11 is 0. The van der Waals surface area contributed by atoms with Crippen LogP contribution >= 0.6 is 0 Å². The number of fused-ring (bicyclic) bond motifs is 3. The van der Waals surface area contributed by atoms with E-state index in [1.54, 1.807) is 6.20 Å². The van der Waals surface area contributed by atoms with E-state index in [1.165, 1.54) is 0 Å². The quantitative estimate of drug-likeness (QED) is 0.327. The van der Waals surface area contributed by atoms with Crippen molar-refractivity contribution in [2.45, 2.75) is 0 Å². The van der Waals surface area contributed by atoms with E-state index in [4.69, 9.17) is 11.0 Å². The highest BCUT2D eigenvalue weighted by Crippen LogP contribution is 2.43. The lowest BCUT2D eigenvalue weighted by Gasteiger charge is -2.04. The molecular weight excluding hydrogens is 332 g/mol. The zero-order valence-corrected chi connectivity index (χ0v) is 14.4. The molecule has 2 aromatic heterocycles. The number of benzene rings is 3. The number of pyridine rings is 1. The Labute approximate surface area is 156 Å². The third-order valence-corrected chi connectivity index (χ3v) is 4.78. The molecular formula is C24H14N2O. The largest absolute Gasteiger partial charge is 0.466 e. The standard InChI is InChI=1S/C24H14N2O/c1-25-22-17(16-8-3-2-4-9-16)13-14-19-18-10-7-11-20(23(18)27-24(19)22)21-12-5-6-15-26-21/h2-15H. The van der Waals surface area contributed by atoms with Crippen molar-refractivity contribution in [2.24, 2.45) is 0 Å². The summed E-state index contributed by atoms with van der Waals surface area (Å²) in [6, 6.07) is 25.9. The predicted molar refractivity (Wildman–Crippen MR) is 109 cm³/mol. The predicted octanol–water partition coefficient (Wildman–Crippen LogP) is 6.87. The SMILES string of the molecule is [C-]#[N+]c1c(-c2ccccc2)ccc2c1oc1c(-c3ccccn3)cccc12. The number of hydrogen-bond donors (Lipinski definition) is 0. The number of rotatable bonds is 2. The molecule has 0 aliphatic rings. The highest BCUT2D eigenvalue weighted by molar-refractivity contribution is 6.14. The smallest absolute Gasteiger partial charge is 0.237 e. The van der Waals surface area contributed by atoms with Crippen LogP contribution in [0.4, 0.5) is 5.69 Å². The van der Waals surface area contributed by atoms with Crippen LogP contribution in [0.25, 0.3) is 49.2 Å². The van der Waals surface area contributed by atoms with Gasteiger partial charge in [0.1, 0.15) is 11.2 Å². The van der Waals surface area contributed by atoms with Crippen molar-refractivity contribution in [3.63, 3.8) is 0 Å². The number of nitrogens with zero attached hydrogens (tertiary/aromatic N) is 2. The van der Waals surface area contributed by atoms with Gasteiger partial charge in [-0.05, 0) is 29.3 Å². The Morgan fingerprint density at radius 2 is 1.52 bits per heavy atom. The lowest BCUT2D eigenvalue weighted by molar-refractivity contribution is 0.671. The molecule has 2 heterocycles. The molecule has 0 saturated heterocycles. The van der Waals surface area contributed by atoms with Crippen molar-refractivity contribution in [2.75, 3.05) is 0 Å². The lowest BCUT2D eigenvalue weighted by Crippen LogP contribution is -1.81. The zero-order chi connectivity index (χ0) is 18.2. The molecule has 0 atom stereocenters. The molecule has 3 nitrogen and oxygen atoms in total. The fraction of sp³-hybridized carbons (Fsp3) is 0. The first-order chi connectivity index (χ1) is 13.4. The Kier molecular flexibility index (Phi) is 3.48. The average Bonchev–Trinajstić information content (AvgIpc) is 3.13. The van der Waals surface area contributed by atoms with Crippen molar-refractivity contribution in [3.8, 4) is 22.4 Å². The van der Waals surface area contributed by atoms with E-state index >= 15 is 0 Å². The summed E-state index contributed by atoms with van der Waals surface area (Å²) < 4.78 is 6.27. The molecule has 3 aromatic carbocycles. The third kappa shape index (κ3) is 2.39. The van der Waals surface area contributed by atoms with Gasteiger partial charge < -0.3 is 4.42 Å². The summed E-state index contributed by atoms with van der Waals surface area (Å²) in [5.41, 5.74) is 5.62. The van der Waals surface area contributed by atoms with Crippen LogP contribution < -0.4 is 0 Å². The van der Waals surface area contributed by atoms with Crippen LogP contribution in [0.1, 0.15) is 0 Å². The molecule has 0 saturated carbocycles. The van der Waals surface area contributed by atoms with Crippen LogP contribution in [0.5, 0.6) is 0 Å². The summed E-state index contributed by atoms with van der Waals surface area (Å²) in [4.78, 5) is 8.27. The molecule has 0 amide bonds. The van der Waals surface area contributed by atoms with E-state index < -0.39 is 0 Å². The van der Waals surface area contributed by atoms with Crippen molar-refractivity contribution in [1.82, 2.24) is 4.98 Å². The van der Waals surface area contributed by atoms with Gasteiger partial charge in [0, 0.05) is 22.5 Å². The molecule has 0 bridgehead atoms. The van der Waals surface area contributed by atoms with E-state index in [-0.39, 0.29) is 0 Å². The van der Waals surface area contributed by atoms with Crippen molar-refractivity contribution in [1.29, 1.82) is 0 Å². The minimum Gasteiger partial charge on any atom is -0.466 e. The highest BCUT2D eigenvalue weighted by atomic mass is 16.3. The van der Waals surface area contributed by atoms with Crippen LogP contribution in [-0.4, -0.2) is 4.98 Å². The zero-order valence-electron chi connectivity index (χ0n) is 14.4. The minimum atomic E-state index is 0.543. The van der Waals surface area contributed by atoms with Gasteiger partial charge in [-0.15, -0.1) is 0 Å². The van der Waals surface area contributed by atoms with E-state index in [1.807, 2.05) is 78.9 Å². The summed E-state index contributed by atoms with van der Waals surface area (Å²) in [6.07, 6.45) is 1.77. The van der Waals surface area contributed by atoms with E-state index in [0.29, 0.717) is 11.3 Å². The van der Waals surface area contributed by atoms with E-state index in [2.05, 4.69) is 9.83 Å². The van der Waals surface area contributed by atoms with Crippen LogP contribution in [-0.2, 0) is 0 Å². The van der Waals surface area contributed by atoms with Gasteiger partial charge in [0.25, 0.3) is 0 Å². The Balaban J connectivity index is 1.85. The first-order valence-electron chi connectivity index (χ1n) is 8.69.